The Hall–Kier alpha value is -0.863. The SMILES string of the molecule is C=C[C@H](C[C@@H](O)C(C)C)[Si](C)(C)c1ccccc1. The molecule has 0 saturated heterocycles. The van der Waals surface area contributed by atoms with Gasteiger partial charge >= 0.3 is 0 Å². The van der Waals surface area contributed by atoms with Gasteiger partial charge in [-0.25, -0.2) is 0 Å². The first-order chi connectivity index (χ1) is 8.39. The summed E-state index contributed by atoms with van der Waals surface area (Å²) in [4.78, 5) is 0. The van der Waals surface area contributed by atoms with Gasteiger partial charge in [0.2, 0.25) is 0 Å². The number of aliphatic hydroxyl groups is 1. The molecule has 2 atom stereocenters. The lowest BCUT2D eigenvalue weighted by Gasteiger charge is -2.33. The van der Waals surface area contributed by atoms with Crippen LogP contribution in [-0.4, -0.2) is 19.3 Å². The molecule has 1 aromatic carbocycles. The molecule has 0 radical (unpaired) electrons. The van der Waals surface area contributed by atoms with Gasteiger partial charge in [0.05, 0.1) is 14.2 Å². The summed E-state index contributed by atoms with van der Waals surface area (Å²) >= 11 is 0. The van der Waals surface area contributed by atoms with Crippen LogP contribution < -0.4 is 5.19 Å². The first kappa shape index (κ1) is 15.2. The molecule has 0 aromatic heterocycles. The lowest BCUT2D eigenvalue weighted by molar-refractivity contribution is 0.117. The molecule has 1 nitrogen and oxygen atoms in total. The fourth-order valence-corrected chi connectivity index (χ4v) is 5.20. The van der Waals surface area contributed by atoms with E-state index < -0.39 is 8.07 Å². The van der Waals surface area contributed by atoms with E-state index >= 15 is 0 Å². The normalized spacial score (nSPS) is 15.4. The number of aliphatic hydroxyl groups excluding tert-OH is 1. The number of allylic oxidation sites excluding steroid dienone is 1. The second-order valence-electron chi connectivity index (χ2n) is 5.98. The average molecular weight is 262 g/mol. The van der Waals surface area contributed by atoms with Crippen LogP contribution in [0.2, 0.25) is 18.6 Å². The first-order valence-corrected chi connectivity index (χ1v) is 9.83. The van der Waals surface area contributed by atoms with Crippen molar-refractivity contribution in [3.63, 3.8) is 0 Å². The van der Waals surface area contributed by atoms with E-state index in [-0.39, 0.29) is 6.10 Å². The van der Waals surface area contributed by atoms with E-state index in [1.54, 1.807) is 0 Å². The van der Waals surface area contributed by atoms with Gasteiger partial charge in [-0.15, -0.1) is 6.58 Å². The van der Waals surface area contributed by atoms with Crippen LogP contribution >= 0.6 is 0 Å². The van der Waals surface area contributed by atoms with Gasteiger partial charge in [-0.05, 0) is 17.9 Å². The number of hydrogen-bond donors (Lipinski definition) is 1. The second kappa shape index (κ2) is 6.35. The molecule has 1 rings (SSSR count). The molecule has 1 N–H and O–H groups in total. The highest BCUT2D eigenvalue weighted by Gasteiger charge is 2.33. The molecule has 0 unspecified atom stereocenters. The molecule has 1 aromatic rings. The predicted molar refractivity (Wildman–Crippen MR) is 83.0 cm³/mol. The maximum Gasteiger partial charge on any atom is 0.0874 e. The third-order valence-corrected chi connectivity index (χ3v) is 8.14. The van der Waals surface area contributed by atoms with Crippen LogP contribution in [0.25, 0.3) is 0 Å². The van der Waals surface area contributed by atoms with E-state index in [2.05, 4.69) is 63.9 Å². The smallest absolute Gasteiger partial charge is 0.0874 e. The van der Waals surface area contributed by atoms with Crippen LogP contribution in [0.1, 0.15) is 20.3 Å². The van der Waals surface area contributed by atoms with Crippen LogP contribution in [0.15, 0.2) is 43.0 Å². The molecule has 0 aliphatic rings. The molecule has 100 valence electrons. The third-order valence-electron chi connectivity index (χ3n) is 3.99. The van der Waals surface area contributed by atoms with Gasteiger partial charge in [0.1, 0.15) is 0 Å². The fraction of sp³-hybridized carbons (Fsp3) is 0.500. The summed E-state index contributed by atoms with van der Waals surface area (Å²) in [5, 5.41) is 11.5. The minimum Gasteiger partial charge on any atom is -0.393 e. The number of hydrogen-bond acceptors (Lipinski definition) is 1. The number of benzene rings is 1. The van der Waals surface area contributed by atoms with Crippen molar-refractivity contribution < 1.29 is 5.11 Å². The van der Waals surface area contributed by atoms with Gasteiger partial charge in [-0.3, -0.25) is 0 Å². The number of rotatable bonds is 6. The Labute approximate surface area is 113 Å². The van der Waals surface area contributed by atoms with Crippen molar-refractivity contribution in [3.05, 3.63) is 43.0 Å². The molecule has 0 bridgehead atoms. The highest BCUT2D eigenvalue weighted by atomic mass is 28.3. The van der Waals surface area contributed by atoms with Gasteiger partial charge in [0.25, 0.3) is 0 Å². The lowest BCUT2D eigenvalue weighted by Crippen LogP contribution is -2.46. The Bertz CT molecular complexity index is 370. The minimum atomic E-state index is -1.60. The summed E-state index contributed by atoms with van der Waals surface area (Å²) in [5.74, 6) is 0.313. The zero-order valence-corrected chi connectivity index (χ0v) is 13.1. The molecule has 0 heterocycles. The maximum atomic E-state index is 10.1. The van der Waals surface area contributed by atoms with Gasteiger partial charge in [0, 0.05) is 0 Å². The van der Waals surface area contributed by atoms with Crippen molar-refractivity contribution in [1.29, 1.82) is 0 Å². The highest BCUT2D eigenvalue weighted by molar-refractivity contribution is 6.91. The van der Waals surface area contributed by atoms with E-state index in [0.717, 1.165) is 6.42 Å². The Morgan fingerprint density at radius 1 is 1.22 bits per heavy atom. The van der Waals surface area contributed by atoms with Gasteiger partial charge in [-0.2, -0.15) is 0 Å². The quantitative estimate of drug-likeness (QED) is 0.614. The maximum absolute atomic E-state index is 10.1. The Morgan fingerprint density at radius 3 is 2.22 bits per heavy atom. The topological polar surface area (TPSA) is 20.2 Å². The van der Waals surface area contributed by atoms with Crippen molar-refractivity contribution in [2.75, 3.05) is 0 Å². The second-order valence-corrected chi connectivity index (χ2v) is 10.7. The largest absolute Gasteiger partial charge is 0.393 e. The Morgan fingerprint density at radius 2 is 1.78 bits per heavy atom. The molecule has 0 aliphatic carbocycles. The molecular weight excluding hydrogens is 236 g/mol. The summed E-state index contributed by atoms with van der Waals surface area (Å²) in [6.07, 6.45) is 2.64. The van der Waals surface area contributed by atoms with E-state index in [9.17, 15) is 5.11 Å². The summed E-state index contributed by atoms with van der Waals surface area (Å²) in [5.41, 5.74) is 0.414. The van der Waals surface area contributed by atoms with Crippen LogP contribution in [0.3, 0.4) is 0 Å². The van der Waals surface area contributed by atoms with Gasteiger partial charge < -0.3 is 5.11 Å². The van der Waals surface area contributed by atoms with Gasteiger partial charge in [0.15, 0.2) is 0 Å². The van der Waals surface area contributed by atoms with Gasteiger partial charge in [-0.1, -0.05) is 68.5 Å². The minimum absolute atomic E-state index is 0.233. The Kier molecular flexibility index (Phi) is 5.36. The zero-order chi connectivity index (χ0) is 13.8. The van der Waals surface area contributed by atoms with Crippen molar-refractivity contribution in [2.24, 2.45) is 5.92 Å². The summed E-state index contributed by atoms with van der Waals surface area (Å²) in [6, 6.07) is 10.7. The first-order valence-electron chi connectivity index (χ1n) is 6.75. The highest BCUT2D eigenvalue weighted by Crippen LogP contribution is 2.29. The molecule has 0 spiro atoms. The van der Waals surface area contributed by atoms with E-state index in [1.807, 2.05) is 6.08 Å². The zero-order valence-electron chi connectivity index (χ0n) is 12.1. The molecule has 2 heteroatoms. The third kappa shape index (κ3) is 3.56. The fourth-order valence-electron chi connectivity index (χ4n) is 2.30. The summed E-state index contributed by atoms with van der Waals surface area (Å²) < 4.78 is 0. The van der Waals surface area contributed by atoms with Crippen LogP contribution in [-0.2, 0) is 0 Å². The molecule has 0 amide bonds. The molecule has 0 saturated carbocycles. The average Bonchev–Trinajstić information content (AvgIpc) is 2.36. The monoisotopic (exact) mass is 262 g/mol. The van der Waals surface area contributed by atoms with Crippen LogP contribution in [0.5, 0.6) is 0 Å². The lowest BCUT2D eigenvalue weighted by atomic mass is 10.0. The van der Waals surface area contributed by atoms with Crippen molar-refractivity contribution >= 4 is 13.3 Å². The van der Waals surface area contributed by atoms with E-state index in [1.165, 1.54) is 5.19 Å². The van der Waals surface area contributed by atoms with Crippen molar-refractivity contribution in [2.45, 2.75) is 45.0 Å². The van der Waals surface area contributed by atoms with Crippen molar-refractivity contribution in [3.8, 4) is 0 Å². The molecule has 0 fully saturated rings. The van der Waals surface area contributed by atoms with Crippen molar-refractivity contribution in [1.82, 2.24) is 0 Å². The van der Waals surface area contributed by atoms with E-state index in [0.29, 0.717) is 11.5 Å². The summed E-state index contributed by atoms with van der Waals surface area (Å²) in [6.45, 7) is 12.9. The summed E-state index contributed by atoms with van der Waals surface area (Å²) in [7, 11) is -1.60. The van der Waals surface area contributed by atoms with Crippen LogP contribution in [0.4, 0.5) is 0 Å². The van der Waals surface area contributed by atoms with Crippen LogP contribution in [0, 0.1) is 5.92 Å². The van der Waals surface area contributed by atoms with E-state index in [4.69, 9.17) is 0 Å². The Balaban J connectivity index is 2.90. The molecule has 18 heavy (non-hydrogen) atoms. The molecule has 0 aliphatic heterocycles. The molecular formula is C16H26OSi. The standard InChI is InChI=1S/C16H26OSi/c1-6-14(12-16(17)13(2)3)18(4,5)15-10-8-7-9-11-15/h6-11,13-14,16-17H,1,12H2,2-5H3/t14-,16-/m1/s1. The predicted octanol–water partition coefficient (Wildman–Crippen LogP) is 3.57.